The molecular formula is C57H102N6O25S2. The minimum Gasteiger partial charge on any atom is -0.444 e. The van der Waals surface area contributed by atoms with Gasteiger partial charge in [0.05, 0.1) is 31.4 Å². The highest BCUT2D eigenvalue weighted by Gasteiger charge is 2.57. The average molecular weight is 1340 g/mol. The molecule has 0 spiro atoms. The second-order valence-corrected chi connectivity index (χ2v) is 29.7. The van der Waals surface area contributed by atoms with Crippen molar-refractivity contribution in [3.05, 3.63) is 0 Å². The highest BCUT2D eigenvalue weighted by molar-refractivity contribution is 7.99. The third-order valence-electron chi connectivity index (χ3n) is 12.9. The van der Waals surface area contributed by atoms with Gasteiger partial charge in [-0.3, -0.25) is 0 Å². The van der Waals surface area contributed by atoms with Crippen LogP contribution in [0.4, 0.5) is 28.8 Å². The van der Waals surface area contributed by atoms with Gasteiger partial charge in [0.25, 0.3) is 0 Å². The lowest BCUT2D eigenvalue weighted by Gasteiger charge is -2.49. The first kappa shape index (κ1) is 78.2. The molecule has 0 unspecified atom stereocenters. The molecule has 90 heavy (non-hydrogen) atoms. The monoisotopic (exact) mass is 1330 g/mol. The molecule has 4 fully saturated rings. The van der Waals surface area contributed by atoms with E-state index >= 15 is 0 Å². The summed E-state index contributed by atoms with van der Waals surface area (Å²) in [7, 11) is 0. The molecule has 3 saturated heterocycles. The van der Waals surface area contributed by atoms with E-state index in [1.165, 1.54) is 11.8 Å². The summed E-state index contributed by atoms with van der Waals surface area (Å²) in [6.07, 6.45) is -33.1. The molecule has 0 aromatic rings. The number of ether oxygens (including phenoxy) is 13. The predicted octanol–water partition coefficient (Wildman–Crippen LogP) is 2.19. The number of aliphatic hydroxyl groups is 6. The summed E-state index contributed by atoms with van der Waals surface area (Å²) in [6, 6.07) is -6.29. The molecule has 3 aliphatic heterocycles. The summed E-state index contributed by atoms with van der Waals surface area (Å²) in [5.41, 5.74) is -6.24. The number of alkyl carbamates (subject to hydrolysis) is 6. The molecule has 4 rings (SSSR count). The van der Waals surface area contributed by atoms with Crippen molar-refractivity contribution in [2.75, 3.05) is 43.6 Å². The van der Waals surface area contributed by atoms with Crippen LogP contribution in [-0.4, -0.2) is 261 Å². The number of thioether (sulfide) groups is 1. The lowest BCUT2D eigenvalue weighted by molar-refractivity contribution is -0.310. The van der Waals surface area contributed by atoms with Crippen molar-refractivity contribution in [1.29, 1.82) is 0 Å². The number of thiol groups is 1. The Hall–Kier alpha value is -4.20. The minimum absolute atomic E-state index is 0.0107. The first-order valence-electron chi connectivity index (χ1n) is 29.9. The molecule has 0 aromatic heterocycles. The predicted molar refractivity (Wildman–Crippen MR) is 324 cm³/mol. The van der Waals surface area contributed by atoms with E-state index < -0.39 is 206 Å². The van der Waals surface area contributed by atoms with Crippen LogP contribution >= 0.6 is 24.4 Å². The van der Waals surface area contributed by atoms with Crippen molar-refractivity contribution < 1.29 is 121 Å². The first-order valence-corrected chi connectivity index (χ1v) is 31.7. The Balaban J connectivity index is 1.91. The van der Waals surface area contributed by atoms with Gasteiger partial charge in [0, 0.05) is 30.3 Å². The second-order valence-electron chi connectivity index (χ2n) is 28.1. The first-order chi connectivity index (χ1) is 41.2. The van der Waals surface area contributed by atoms with Crippen molar-refractivity contribution in [3.63, 3.8) is 0 Å². The highest BCUT2D eigenvalue weighted by atomic mass is 32.2. The number of hydrogen-bond donors (Lipinski definition) is 13. The van der Waals surface area contributed by atoms with E-state index in [-0.39, 0.29) is 12.4 Å². The van der Waals surface area contributed by atoms with Crippen LogP contribution in [0.15, 0.2) is 0 Å². The fourth-order valence-corrected chi connectivity index (χ4v) is 10.5. The van der Waals surface area contributed by atoms with Crippen molar-refractivity contribution >= 4 is 61.0 Å². The van der Waals surface area contributed by atoms with Gasteiger partial charge in [0.2, 0.25) is 0 Å². The van der Waals surface area contributed by atoms with E-state index in [9.17, 15) is 59.4 Å². The zero-order valence-electron chi connectivity index (χ0n) is 54.9. The van der Waals surface area contributed by atoms with Crippen molar-refractivity contribution in [2.24, 2.45) is 0 Å². The van der Waals surface area contributed by atoms with Gasteiger partial charge < -0.3 is 124 Å². The zero-order valence-corrected chi connectivity index (χ0v) is 56.6. The van der Waals surface area contributed by atoms with E-state index in [2.05, 4.69) is 44.5 Å². The van der Waals surface area contributed by atoms with Gasteiger partial charge >= 0.3 is 36.6 Å². The molecule has 0 radical (unpaired) electrons. The largest absolute Gasteiger partial charge is 0.444 e. The summed E-state index contributed by atoms with van der Waals surface area (Å²) < 4.78 is 77.6. The van der Waals surface area contributed by atoms with Gasteiger partial charge in [0.15, 0.2) is 18.9 Å². The highest BCUT2D eigenvalue weighted by Crippen LogP contribution is 2.37. The quantitative estimate of drug-likeness (QED) is 0.0445. The zero-order chi connectivity index (χ0) is 68.2. The van der Waals surface area contributed by atoms with Crippen LogP contribution in [0.2, 0.25) is 0 Å². The summed E-state index contributed by atoms with van der Waals surface area (Å²) in [4.78, 5) is 80.4. The summed E-state index contributed by atoms with van der Waals surface area (Å²) in [6.45, 7) is 28.3. The number of amides is 6. The molecule has 12 N–H and O–H groups in total. The van der Waals surface area contributed by atoms with Crippen LogP contribution in [0, 0.1) is 0 Å². The Morgan fingerprint density at radius 1 is 0.422 bits per heavy atom. The maximum Gasteiger partial charge on any atom is 0.408 e. The van der Waals surface area contributed by atoms with Crippen molar-refractivity contribution in [2.45, 2.75) is 281 Å². The maximum atomic E-state index is 14.0. The Morgan fingerprint density at radius 3 is 1.18 bits per heavy atom. The average Bonchev–Trinajstić information content (AvgIpc) is 1.22. The molecule has 0 bridgehead atoms. The molecule has 3 heterocycles. The van der Waals surface area contributed by atoms with E-state index in [4.69, 9.17) is 61.6 Å². The van der Waals surface area contributed by atoms with Gasteiger partial charge in [-0.15, -0.1) is 0 Å². The van der Waals surface area contributed by atoms with Crippen LogP contribution in [0.5, 0.6) is 0 Å². The van der Waals surface area contributed by atoms with Gasteiger partial charge in [-0.25, -0.2) is 28.8 Å². The molecule has 522 valence electrons. The van der Waals surface area contributed by atoms with Crippen LogP contribution < -0.4 is 31.9 Å². The van der Waals surface area contributed by atoms with Crippen LogP contribution in [0.3, 0.4) is 0 Å². The molecule has 0 aromatic carbocycles. The third kappa shape index (κ3) is 26.3. The fraction of sp³-hybridized carbons (Fsp3) is 0.895. The fourth-order valence-electron chi connectivity index (χ4n) is 9.42. The lowest BCUT2D eigenvalue weighted by Crippen LogP contribution is -2.70. The Kier molecular flexibility index (Phi) is 28.5. The maximum absolute atomic E-state index is 14.0. The van der Waals surface area contributed by atoms with Gasteiger partial charge in [-0.1, -0.05) is 0 Å². The number of nitrogens with one attached hydrogen (secondary N) is 6. The number of hydrogen-bond acceptors (Lipinski definition) is 27. The number of rotatable bonds is 21. The normalized spacial score (nSPS) is 31.9. The number of carbonyl (C=O) groups excluding carboxylic acids is 6. The third-order valence-corrected chi connectivity index (χ3v) is 14.1. The summed E-state index contributed by atoms with van der Waals surface area (Å²) in [5, 5.41) is 87.3. The minimum atomic E-state index is -1.98. The van der Waals surface area contributed by atoms with E-state index in [0.29, 0.717) is 18.1 Å². The van der Waals surface area contributed by atoms with Gasteiger partial charge in [-0.05, 0) is 131 Å². The molecule has 4 aliphatic rings. The van der Waals surface area contributed by atoms with Crippen LogP contribution in [0.25, 0.3) is 0 Å². The molecule has 1 saturated carbocycles. The molecule has 1 aliphatic carbocycles. The Bertz CT molecular complexity index is 2320. The SMILES string of the molecule is CC(C)(C)OC(=O)NC[C@@H]1O[C@H](O[C@H]2[C@@H](O)[C@H](O[C@@H]3[C@@H](O)[C@H](NC(=O)OC(C)(C)C)C[C@H](NC(=O)OC(C)(C)C)[C@H]3O[C@H]3O[C@H](CNC(=O)OC(C)(C)C)[C@@H](O)[C@H](O)[C@H]3NC(=O)OC(C)(C)C)O[C@@H]2CSCCOCCS)[C@H](NC(=O)OC(C)(C)C)[C@@H](O)[C@@H]1O. The standard InChI is InChI=1S/C57H102N6O25S2/c1-52(2,3)83-46(70)58-24-29-35(65)37(67)32(62-50(74)87-56(13,14)15)43(77-29)80-40-28(61-49(73)86-55(10,11)12)23-27(60-48(72)85-54(7,8)9)34(64)42(40)82-45-39(69)41(31(79-45)26-90-22-20-76-19-21-89)81-44-33(63-51(75)88-57(16,17)18)38(68)36(66)30(78-44)25-59-47(71)84-53(4,5)6/h27-45,64-69,89H,19-26H2,1-18H3,(H,58,70)(H,59,71)(H,60,72)(H,61,73)(H,62,74)(H,63,75)/t27-,28+,29-,30+,31-,32-,33-,34+,35-,36-,37-,38-,39-,40-,41-,42-,43-,44-,45+/m1/s1. The van der Waals surface area contributed by atoms with E-state index in [0.717, 1.165) is 0 Å². The smallest absolute Gasteiger partial charge is 0.408 e. The second kappa shape index (κ2) is 32.8. The summed E-state index contributed by atoms with van der Waals surface area (Å²) in [5.74, 6) is 0.785. The summed E-state index contributed by atoms with van der Waals surface area (Å²) >= 11 is 5.48. The van der Waals surface area contributed by atoms with E-state index in [1.54, 1.807) is 125 Å². The van der Waals surface area contributed by atoms with Crippen molar-refractivity contribution in [3.8, 4) is 0 Å². The van der Waals surface area contributed by atoms with Gasteiger partial charge in [-0.2, -0.15) is 24.4 Å². The van der Waals surface area contributed by atoms with Gasteiger partial charge in [0.1, 0.15) is 113 Å². The topological polar surface area (TPSA) is 416 Å². The van der Waals surface area contributed by atoms with Crippen molar-refractivity contribution in [1.82, 2.24) is 31.9 Å². The lowest BCUT2D eigenvalue weighted by atomic mass is 9.83. The molecular weight excluding hydrogens is 1230 g/mol. The Labute approximate surface area is 536 Å². The molecule has 33 heteroatoms. The molecule has 6 amide bonds. The number of aliphatic hydroxyl groups excluding tert-OH is 6. The van der Waals surface area contributed by atoms with E-state index in [1.807, 2.05) is 0 Å². The number of carbonyl (C=O) groups is 6. The molecule has 31 nitrogen and oxygen atoms in total. The van der Waals surface area contributed by atoms with Crippen LogP contribution in [0.1, 0.15) is 131 Å². The van der Waals surface area contributed by atoms with Crippen LogP contribution in [-0.2, 0) is 61.6 Å². The molecule has 19 atom stereocenters. The Morgan fingerprint density at radius 2 is 0.778 bits per heavy atom.